The van der Waals surface area contributed by atoms with Crippen LogP contribution in [0.2, 0.25) is 0 Å². The van der Waals surface area contributed by atoms with E-state index >= 15 is 0 Å². The van der Waals surface area contributed by atoms with Crippen LogP contribution in [0.3, 0.4) is 0 Å². The first-order valence-corrected chi connectivity index (χ1v) is 6.56. The van der Waals surface area contributed by atoms with E-state index in [1.165, 1.54) is 12.8 Å². The smallest absolute Gasteiger partial charge is 0.221 e. The lowest BCUT2D eigenvalue weighted by molar-refractivity contribution is -0.121. The van der Waals surface area contributed by atoms with Gasteiger partial charge in [0.15, 0.2) is 0 Å². The molecule has 0 aliphatic rings. The molecular formula is C13H28N2O. The number of amides is 1. The maximum atomic E-state index is 11.5. The highest BCUT2D eigenvalue weighted by Crippen LogP contribution is 2.08. The van der Waals surface area contributed by atoms with E-state index in [4.69, 9.17) is 0 Å². The topological polar surface area (TPSA) is 41.1 Å². The lowest BCUT2D eigenvalue weighted by atomic mass is 10.0. The molecule has 1 atom stereocenters. The van der Waals surface area contributed by atoms with Crippen molar-refractivity contribution in [3.8, 4) is 0 Å². The van der Waals surface area contributed by atoms with Crippen LogP contribution in [-0.2, 0) is 4.79 Å². The molecular weight excluding hydrogens is 200 g/mol. The lowest BCUT2D eigenvalue weighted by Crippen LogP contribution is -2.34. The van der Waals surface area contributed by atoms with Crippen molar-refractivity contribution in [1.82, 2.24) is 10.6 Å². The Balaban J connectivity index is 3.46. The molecule has 0 saturated heterocycles. The Kier molecular flexibility index (Phi) is 9.30. The molecule has 0 saturated carbocycles. The van der Waals surface area contributed by atoms with Gasteiger partial charge in [-0.2, -0.15) is 0 Å². The first kappa shape index (κ1) is 15.4. The molecule has 1 amide bonds. The number of hydrogen-bond acceptors (Lipinski definition) is 2. The van der Waals surface area contributed by atoms with Crippen molar-refractivity contribution in [3.05, 3.63) is 0 Å². The van der Waals surface area contributed by atoms with Crippen LogP contribution in [0.15, 0.2) is 0 Å². The predicted molar refractivity (Wildman–Crippen MR) is 69.5 cm³/mol. The zero-order valence-corrected chi connectivity index (χ0v) is 11.3. The standard InChI is InChI=1S/C13H28N2O/c1-5-14-10-9-13(16)15-12(4)8-6-7-11(2)3/h11-12,14H,5-10H2,1-4H3,(H,15,16). The quantitative estimate of drug-likeness (QED) is 0.595. The minimum absolute atomic E-state index is 0.165. The molecule has 0 aliphatic heterocycles. The molecule has 0 aliphatic carbocycles. The Morgan fingerprint density at radius 3 is 2.44 bits per heavy atom. The number of carbonyl (C=O) groups is 1. The summed E-state index contributed by atoms with van der Waals surface area (Å²) in [5.74, 6) is 0.926. The minimum Gasteiger partial charge on any atom is -0.354 e. The van der Waals surface area contributed by atoms with E-state index in [1.54, 1.807) is 0 Å². The van der Waals surface area contributed by atoms with E-state index < -0.39 is 0 Å². The van der Waals surface area contributed by atoms with E-state index in [0.717, 1.165) is 25.4 Å². The molecule has 3 heteroatoms. The largest absolute Gasteiger partial charge is 0.354 e. The summed E-state index contributed by atoms with van der Waals surface area (Å²) in [7, 11) is 0. The van der Waals surface area contributed by atoms with Gasteiger partial charge in [-0.05, 0) is 25.8 Å². The van der Waals surface area contributed by atoms with Crippen LogP contribution < -0.4 is 10.6 Å². The van der Waals surface area contributed by atoms with Crippen molar-refractivity contribution >= 4 is 5.91 Å². The van der Waals surface area contributed by atoms with Crippen molar-refractivity contribution in [2.24, 2.45) is 5.92 Å². The molecule has 96 valence electrons. The summed E-state index contributed by atoms with van der Waals surface area (Å²) in [5.41, 5.74) is 0. The van der Waals surface area contributed by atoms with E-state index in [1.807, 2.05) is 6.92 Å². The van der Waals surface area contributed by atoms with Crippen LogP contribution in [0.4, 0.5) is 0 Å². The lowest BCUT2D eigenvalue weighted by Gasteiger charge is -2.14. The molecule has 0 bridgehead atoms. The summed E-state index contributed by atoms with van der Waals surface area (Å²) >= 11 is 0. The average Bonchev–Trinajstić information content (AvgIpc) is 2.17. The van der Waals surface area contributed by atoms with Crippen molar-refractivity contribution in [2.45, 2.75) is 59.4 Å². The van der Waals surface area contributed by atoms with Crippen molar-refractivity contribution in [2.75, 3.05) is 13.1 Å². The van der Waals surface area contributed by atoms with Crippen molar-refractivity contribution in [3.63, 3.8) is 0 Å². The molecule has 16 heavy (non-hydrogen) atoms. The Labute approximate surface area is 100 Å². The van der Waals surface area contributed by atoms with Gasteiger partial charge in [0.2, 0.25) is 5.91 Å². The van der Waals surface area contributed by atoms with Gasteiger partial charge in [-0.3, -0.25) is 4.79 Å². The molecule has 0 spiro atoms. The summed E-state index contributed by atoms with van der Waals surface area (Å²) in [5, 5.41) is 6.18. The fourth-order valence-corrected chi connectivity index (χ4v) is 1.63. The number of nitrogens with one attached hydrogen (secondary N) is 2. The molecule has 0 fully saturated rings. The third-order valence-electron chi connectivity index (χ3n) is 2.60. The number of rotatable bonds is 9. The molecule has 2 N–H and O–H groups in total. The van der Waals surface area contributed by atoms with Crippen LogP contribution in [0.1, 0.15) is 53.4 Å². The van der Waals surface area contributed by atoms with E-state index in [2.05, 4.69) is 31.4 Å². The second kappa shape index (κ2) is 9.64. The normalized spacial score (nSPS) is 12.8. The van der Waals surface area contributed by atoms with Crippen LogP contribution >= 0.6 is 0 Å². The molecule has 0 aromatic heterocycles. The zero-order valence-electron chi connectivity index (χ0n) is 11.3. The van der Waals surface area contributed by atoms with Gasteiger partial charge < -0.3 is 10.6 Å². The monoisotopic (exact) mass is 228 g/mol. The summed E-state index contributed by atoms with van der Waals surface area (Å²) in [4.78, 5) is 11.5. The first-order valence-electron chi connectivity index (χ1n) is 6.56. The number of carbonyl (C=O) groups excluding carboxylic acids is 1. The van der Waals surface area contributed by atoms with Gasteiger partial charge in [-0.25, -0.2) is 0 Å². The van der Waals surface area contributed by atoms with Gasteiger partial charge in [-0.1, -0.05) is 33.6 Å². The van der Waals surface area contributed by atoms with Gasteiger partial charge in [0.25, 0.3) is 0 Å². The molecule has 0 radical (unpaired) electrons. The molecule has 0 aromatic carbocycles. The third-order valence-corrected chi connectivity index (χ3v) is 2.60. The third kappa shape index (κ3) is 9.97. The van der Waals surface area contributed by atoms with Crippen LogP contribution in [0.25, 0.3) is 0 Å². The fourth-order valence-electron chi connectivity index (χ4n) is 1.63. The van der Waals surface area contributed by atoms with Crippen molar-refractivity contribution in [1.29, 1.82) is 0 Å². The Morgan fingerprint density at radius 2 is 1.88 bits per heavy atom. The summed E-state index contributed by atoms with van der Waals surface area (Å²) in [6, 6.07) is 0.313. The second-order valence-corrected chi connectivity index (χ2v) is 4.90. The first-order chi connectivity index (χ1) is 7.56. The maximum Gasteiger partial charge on any atom is 0.221 e. The maximum absolute atomic E-state index is 11.5. The van der Waals surface area contributed by atoms with Gasteiger partial charge in [-0.15, -0.1) is 0 Å². The van der Waals surface area contributed by atoms with Crippen molar-refractivity contribution < 1.29 is 4.79 Å². The Hall–Kier alpha value is -0.570. The predicted octanol–water partition coefficient (Wildman–Crippen LogP) is 2.32. The summed E-state index contributed by atoms with van der Waals surface area (Å²) < 4.78 is 0. The fraction of sp³-hybridized carbons (Fsp3) is 0.923. The van der Waals surface area contributed by atoms with E-state index in [9.17, 15) is 4.79 Å². The second-order valence-electron chi connectivity index (χ2n) is 4.90. The van der Waals surface area contributed by atoms with Gasteiger partial charge >= 0.3 is 0 Å². The minimum atomic E-state index is 0.165. The molecule has 1 unspecified atom stereocenters. The highest BCUT2D eigenvalue weighted by molar-refractivity contribution is 5.76. The molecule has 0 heterocycles. The SMILES string of the molecule is CCNCCC(=O)NC(C)CCCC(C)C. The number of hydrogen-bond donors (Lipinski definition) is 2. The van der Waals surface area contributed by atoms with Crippen LogP contribution in [0.5, 0.6) is 0 Å². The van der Waals surface area contributed by atoms with Crippen LogP contribution in [0, 0.1) is 5.92 Å². The Morgan fingerprint density at radius 1 is 1.19 bits per heavy atom. The molecule has 0 rings (SSSR count). The van der Waals surface area contributed by atoms with E-state index in [0.29, 0.717) is 12.5 Å². The summed E-state index contributed by atoms with van der Waals surface area (Å²) in [6.07, 6.45) is 4.12. The van der Waals surface area contributed by atoms with Gasteiger partial charge in [0, 0.05) is 19.0 Å². The summed E-state index contributed by atoms with van der Waals surface area (Å²) in [6.45, 7) is 10.3. The van der Waals surface area contributed by atoms with E-state index in [-0.39, 0.29) is 5.91 Å². The van der Waals surface area contributed by atoms with Crippen LogP contribution in [-0.4, -0.2) is 25.0 Å². The zero-order chi connectivity index (χ0) is 12.4. The molecule has 0 aromatic rings. The highest BCUT2D eigenvalue weighted by atomic mass is 16.1. The Bertz CT molecular complexity index is 181. The molecule has 3 nitrogen and oxygen atoms in total. The average molecular weight is 228 g/mol. The highest BCUT2D eigenvalue weighted by Gasteiger charge is 2.06. The van der Waals surface area contributed by atoms with Gasteiger partial charge in [0.05, 0.1) is 0 Å². The van der Waals surface area contributed by atoms with Gasteiger partial charge in [0.1, 0.15) is 0 Å².